The standard InChI is InChI=1S/C13H13FN2/c1-9(2)10-3-5-12(15-7-10)11-4-6-13(14)16-8-11/h3-9H,1-2H3. The molecule has 2 rings (SSSR count). The van der Waals surface area contributed by atoms with Gasteiger partial charge < -0.3 is 0 Å². The predicted molar refractivity (Wildman–Crippen MR) is 61.5 cm³/mol. The molecule has 0 unspecified atom stereocenters. The third-order valence-electron chi connectivity index (χ3n) is 2.48. The molecule has 0 aliphatic carbocycles. The molecule has 2 aromatic heterocycles. The maximum absolute atomic E-state index is 12.6. The maximum atomic E-state index is 12.6. The zero-order valence-electron chi connectivity index (χ0n) is 9.31. The minimum absolute atomic E-state index is 0.466. The fraction of sp³-hybridized carbons (Fsp3) is 0.231. The van der Waals surface area contributed by atoms with Gasteiger partial charge in [-0.2, -0.15) is 4.39 Å². The maximum Gasteiger partial charge on any atom is 0.212 e. The van der Waals surface area contributed by atoms with Crippen molar-refractivity contribution < 1.29 is 4.39 Å². The molecule has 0 aliphatic rings. The Balaban J connectivity index is 2.31. The van der Waals surface area contributed by atoms with Gasteiger partial charge in [0.1, 0.15) is 0 Å². The molecule has 0 atom stereocenters. The second kappa shape index (κ2) is 4.39. The number of hydrogen-bond acceptors (Lipinski definition) is 2. The van der Waals surface area contributed by atoms with Crippen LogP contribution in [0.1, 0.15) is 25.3 Å². The van der Waals surface area contributed by atoms with E-state index in [1.165, 1.54) is 17.8 Å². The van der Waals surface area contributed by atoms with Crippen LogP contribution < -0.4 is 0 Å². The highest BCUT2D eigenvalue weighted by molar-refractivity contribution is 5.57. The molecule has 0 N–H and O–H groups in total. The normalized spacial score (nSPS) is 10.8. The summed E-state index contributed by atoms with van der Waals surface area (Å²) in [5.74, 6) is -0.00422. The van der Waals surface area contributed by atoms with Crippen LogP contribution in [0, 0.1) is 5.95 Å². The number of aromatic nitrogens is 2. The van der Waals surface area contributed by atoms with Crippen LogP contribution in [-0.2, 0) is 0 Å². The monoisotopic (exact) mass is 216 g/mol. The van der Waals surface area contributed by atoms with E-state index in [1.807, 2.05) is 18.3 Å². The first-order chi connectivity index (χ1) is 7.66. The second-order valence-corrected chi connectivity index (χ2v) is 4.00. The Morgan fingerprint density at radius 2 is 1.81 bits per heavy atom. The molecule has 82 valence electrons. The van der Waals surface area contributed by atoms with E-state index in [1.54, 1.807) is 6.07 Å². The second-order valence-electron chi connectivity index (χ2n) is 4.00. The Morgan fingerprint density at radius 3 is 2.31 bits per heavy atom. The minimum Gasteiger partial charge on any atom is -0.256 e. The van der Waals surface area contributed by atoms with E-state index in [9.17, 15) is 4.39 Å². The quantitative estimate of drug-likeness (QED) is 0.719. The van der Waals surface area contributed by atoms with Crippen LogP contribution >= 0.6 is 0 Å². The van der Waals surface area contributed by atoms with E-state index in [-0.39, 0.29) is 0 Å². The average Bonchev–Trinajstić information content (AvgIpc) is 2.30. The summed E-state index contributed by atoms with van der Waals surface area (Å²) in [7, 11) is 0. The van der Waals surface area contributed by atoms with Gasteiger partial charge in [0.25, 0.3) is 0 Å². The van der Waals surface area contributed by atoms with Gasteiger partial charge in [0.05, 0.1) is 5.69 Å². The van der Waals surface area contributed by atoms with Crippen molar-refractivity contribution in [2.45, 2.75) is 19.8 Å². The summed E-state index contributed by atoms with van der Waals surface area (Å²) in [6, 6.07) is 6.99. The largest absolute Gasteiger partial charge is 0.256 e. The van der Waals surface area contributed by atoms with Crippen molar-refractivity contribution in [3.63, 3.8) is 0 Å². The summed E-state index contributed by atoms with van der Waals surface area (Å²) in [6.45, 7) is 4.24. The molecular weight excluding hydrogens is 203 g/mol. The molecule has 2 aromatic rings. The fourth-order valence-corrected chi connectivity index (χ4v) is 1.44. The molecule has 2 heterocycles. The molecule has 0 aromatic carbocycles. The highest BCUT2D eigenvalue weighted by Gasteiger charge is 2.02. The van der Waals surface area contributed by atoms with E-state index in [0.717, 1.165) is 11.3 Å². The van der Waals surface area contributed by atoms with Gasteiger partial charge in [-0.3, -0.25) is 4.98 Å². The van der Waals surface area contributed by atoms with Crippen molar-refractivity contribution in [2.24, 2.45) is 0 Å². The summed E-state index contributed by atoms with van der Waals surface area (Å²) in [5, 5.41) is 0. The van der Waals surface area contributed by atoms with Gasteiger partial charge in [-0.1, -0.05) is 19.9 Å². The zero-order chi connectivity index (χ0) is 11.5. The summed E-state index contributed by atoms with van der Waals surface area (Å²) in [4.78, 5) is 7.94. The van der Waals surface area contributed by atoms with Crippen LogP contribution in [0.2, 0.25) is 0 Å². The lowest BCUT2D eigenvalue weighted by Gasteiger charge is -2.05. The molecule has 0 fully saturated rings. The lowest BCUT2D eigenvalue weighted by atomic mass is 10.0. The summed E-state index contributed by atoms with van der Waals surface area (Å²) in [6.07, 6.45) is 3.34. The van der Waals surface area contributed by atoms with Crippen LogP contribution in [0.5, 0.6) is 0 Å². The van der Waals surface area contributed by atoms with Gasteiger partial charge in [0.2, 0.25) is 5.95 Å². The molecule has 0 aliphatic heterocycles. The lowest BCUT2D eigenvalue weighted by molar-refractivity contribution is 0.584. The van der Waals surface area contributed by atoms with Crippen molar-refractivity contribution in [1.29, 1.82) is 0 Å². The summed E-state index contributed by atoms with van der Waals surface area (Å²) < 4.78 is 12.6. The molecule has 2 nitrogen and oxygen atoms in total. The van der Waals surface area contributed by atoms with Gasteiger partial charge >= 0.3 is 0 Å². The number of halogens is 1. The lowest BCUT2D eigenvalue weighted by Crippen LogP contribution is -1.91. The van der Waals surface area contributed by atoms with E-state index < -0.39 is 5.95 Å². The van der Waals surface area contributed by atoms with Crippen LogP contribution in [0.15, 0.2) is 36.7 Å². The summed E-state index contributed by atoms with van der Waals surface area (Å²) >= 11 is 0. The first kappa shape index (κ1) is 10.7. The highest BCUT2D eigenvalue weighted by atomic mass is 19.1. The van der Waals surface area contributed by atoms with Crippen LogP contribution in [0.3, 0.4) is 0 Å². The van der Waals surface area contributed by atoms with Crippen molar-refractivity contribution in [3.8, 4) is 11.3 Å². The van der Waals surface area contributed by atoms with Gasteiger partial charge in [-0.15, -0.1) is 0 Å². The number of rotatable bonds is 2. The number of nitrogens with zero attached hydrogens (tertiary/aromatic N) is 2. The van der Waals surface area contributed by atoms with Crippen LogP contribution in [-0.4, -0.2) is 9.97 Å². The Labute approximate surface area is 94.2 Å². The van der Waals surface area contributed by atoms with E-state index >= 15 is 0 Å². The zero-order valence-corrected chi connectivity index (χ0v) is 9.31. The Morgan fingerprint density at radius 1 is 1.00 bits per heavy atom. The average molecular weight is 216 g/mol. The third kappa shape index (κ3) is 2.24. The molecule has 0 saturated heterocycles. The van der Waals surface area contributed by atoms with Crippen molar-refractivity contribution in [3.05, 3.63) is 48.2 Å². The minimum atomic E-state index is -0.470. The van der Waals surface area contributed by atoms with Crippen molar-refractivity contribution >= 4 is 0 Å². The van der Waals surface area contributed by atoms with Crippen LogP contribution in [0.4, 0.5) is 4.39 Å². The van der Waals surface area contributed by atoms with E-state index in [0.29, 0.717) is 5.92 Å². The molecule has 0 saturated carbocycles. The number of hydrogen-bond donors (Lipinski definition) is 0. The predicted octanol–water partition coefficient (Wildman–Crippen LogP) is 3.41. The van der Waals surface area contributed by atoms with Gasteiger partial charge in [0, 0.05) is 18.0 Å². The summed E-state index contributed by atoms with van der Waals surface area (Å²) in [5.41, 5.74) is 2.84. The van der Waals surface area contributed by atoms with Crippen molar-refractivity contribution in [2.75, 3.05) is 0 Å². The highest BCUT2D eigenvalue weighted by Crippen LogP contribution is 2.19. The van der Waals surface area contributed by atoms with Gasteiger partial charge in [-0.05, 0) is 29.7 Å². The molecule has 16 heavy (non-hydrogen) atoms. The first-order valence-corrected chi connectivity index (χ1v) is 5.24. The Bertz CT molecular complexity index is 460. The van der Waals surface area contributed by atoms with E-state index in [4.69, 9.17) is 0 Å². The molecule has 0 amide bonds. The Hall–Kier alpha value is -1.77. The Kier molecular flexibility index (Phi) is 2.95. The molecule has 0 radical (unpaired) electrons. The smallest absolute Gasteiger partial charge is 0.212 e. The van der Waals surface area contributed by atoms with E-state index in [2.05, 4.69) is 23.8 Å². The van der Waals surface area contributed by atoms with Crippen molar-refractivity contribution in [1.82, 2.24) is 9.97 Å². The molecule has 0 bridgehead atoms. The van der Waals surface area contributed by atoms with Crippen LogP contribution in [0.25, 0.3) is 11.3 Å². The first-order valence-electron chi connectivity index (χ1n) is 5.24. The van der Waals surface area contributed by atoms with Gasteiger partial charge in [-0.25, -0.2) is 4.98 Å². The molecule has 0 spiro atoms. The fourth-order valence-electron chi connectivity index (χ4n) is 1.44. The SMILES string of the molecule is CC(C)c1ccc(-c2ccc(F)nc2)nc1. The third-order valence-corrected chi connectivity index (χ3v) is 2.48. The van der Waals surface area contributed by atoms with Gasteiger partial charge in [0.15, 0.2) is 0 Å². The topological polar surface area (TPSA) is 25.8 Å². The number of pyridine rings is 2. The molecule has 3 heteroatoms. The molecular formula is C13H13FN2.